The van der Waals surface area contributed by atoms with Gasteiger partial charge < -0.3 is 15.5 Å². The number of aliphatic hydroxyl groups excluding tert-OH is 2. The maximum absolute atomic E-state index is 11.5. The van der Waals surface area contributed by atoms with Crippen molar-refractivity contribution < 1.29 is 15.0 Å². The van der Waals surface area contributed by atoms with Gasteiger partial charge in [0.2, 0.25) is 5.91 Å². The molecule has 1 saturated heterocycles. The van der Waals surface area contributed by atoms with Crippen LogP contribution in [0.2, 0.25) is 0 Å². The number of aliphatic hydroxyl groups is 2. The molecule has 1 heterocycles. The first-order chi connectivity index (χ1) is 11.2. The molecule has 0 radical (unpaired) electrons. The van der Waals surface area contributed by atoms with Gasteiger partial charge in [0.05, 0.1) is 18.8 Å². The largest absolute Gasteiger partial charge is 0.395 e. The van der Waals surface area contributed by atoms with E-state index in [-0.39, 0.29) is 24.6 Å². The number of nitrogens with one attached hydrogen (secondary N) is 1. The molecule has 1 amide bonds. The number of aryl methyl sites for hydroxylation is 1. The quantitative estimate of drug-likeness (QED) is 0.667. The van der Waals surface area contributed by atoms with Gasteiger partial charge in [-0.25, -0.2) is 0 Å². The minimum Gasteiger partial charge on any atom is -0.395 e. The molecule has 5 nitrogen and oxygen atoms in total. The molecule has 1 aliphatic heterocycles. The third kappa shape index (κ3) is 5.03. The molecule has 0 aromatic heterocycles. The fourth-order valence-corrected chi connectivity index (χ4v) is 3.31. The molecule has 2 rings (SSSR count). The molecule has 0 saturated carbocycles. The summed E-state index contributed by atoms with van der Waals surface area (Å²) in [4.78, 5) is 13.6. The van der Waals surface area contributed by atoms with Crippen molar-refractivity contribution in [1.29, 1.82) is 0 Å². The van der Waals surface area contributed by atoms with E-state index in [1.165, 1.54) is 5.56 Å². The smallest absolute Gasteiger partial charge is 0.219 e. The Morgan fingerprint density at radius 2 is 2.09 bits per heavy atom. The fourth-order valence-electron chi connectivity index (χ4n) is 3.31. The molecule has 0 spiro atoms. The Hall–Kier alpha value is -1.43. The van der Waals surface area contributed by atoms with Crippen molar-refractivity contribution in [2.75, 3.05) is 19.7 Å². The molecule has 3 unspecified atom stereocenters. The standard InChI is InChI=1S/C18H28N2O3/c1-2-18(23)19-12-15-11-17(22)16(13-21)20(15)10-6-9-14-7-4-3-5-8-14/h3-5,7-8,15-17,21-22H,2,6,9-13H2,1H3,(H,19,23). The summed E-state index contributed by atoms with van der Waals surface area (Å²) in [6.07, 6.45) is 2.47. The highest BCUT2D eigenvalue weighted by molar-refractivity contribution is 5.75. The van der Waals surface area contributed by atoms with Crippen molar-refractivity contribution in [2.24, 2.45) is 0 Å². The van der Waals surface area contributed by atoms with Gasteiger partial charge in [-0.1, -0.05) is 37.3 Å². The third-order valence-electron chi connectivity index (χ3n) is 4.62. The highest BCUT2D eigenvalue weighted by Crippen LogP contribution is 2.24. The van der Waals surface area contributed by atoms with Crippen LogP contribution in [0.4, 0.5) is 0 Å². The van der Waals surface area contributed by atoms with Gasteiger partial charge in [-0.2, -0.15) is 0 Å². The second kappa shape index (κ2) is 9.01. The van der Waals surface area contributed by atoms with Crippen LogP contribution < -0.4 is 5.32 Å². The molecule has 1 fully saturated rings. The van der Waals surface area contributed by atoms with Crippen molar-refractivity contribution in [3.63, 3.8) is 0 Å². The van der Waals surface area contributed by atoms with E-state index in [2.05, 4.69) is 22.3 Å². The molecule has 3 atom stereocenters. The van der Waals surface area contributed by atoms with Gasteiger partial charge in [-0.05, 0) is 31.4 Å². The van der Waals surface area contributed by atoms with Crippen molar-refractivity contribution in [3.8, 4) is 0 Å². The second-order valence-corrected chi connectivity index (χ2v) is 6.19. The van der Waals surface area contributed by atoms with Crippen LogP contribution in [-0.2, 0) is 11.2 Å². The molecular weight excluding hydrogens is 292 g/mol. The van der Waals surface area contributed by atoms with Crippen LogP contribution in [0.1, 0.15) is 31.7 Å². The predicted molar refractivity (Wildman–Crippen MR) is 90.1 cm³/mol. The Morgan fingerprint density at radius 1 is 1.35 bits per heavy atom. The highest BCUT2D eigenvalue weighted by atomic mass is 16.3. The number of amides is 1. The number of carbonyl (C=O) groups excluding carboxylic acids is 1. The van der Waals surface area contributed by atoms with Crippen molar-refractivity contribution in [3.05, 3.63) is 35.9 Å². The number of carbonyl (C=O) groups is 1. The number of rotatable bonds is 8. The van der Waals surface area contributed by atoms with E-state index in [0.717, 1.165) is 19.4 Å². The lowest BCUT2D eigenvalue weighted by Gasteiger charge is -2.29. The molecule has 1 aromatic rings. The molecule has 23 heavy (non-hydrogen) atoms. The topological polar surface area (TPSA) is 72.8 Å². The average molecular weight is 320 g/mol. The Morgan fingerprint density at radius 3 is 2.74 bits per heavy atom. The molecule has 1 aliphatic rings. The Kier molecular flexibility index (Phi) is 7.02. The van der Waals surface area contributed by atoms with Crippen LogP contribution in [0.3, 0.4) is 0 Å². The normalized spacial score (nSPS) is 24.7. The van der Waals surface area contributed by atoms with Crippen LogP contribution in [0.5, 0.6) is 0 Å². The zero-order valence-electron chi connectivity index (χ0n) is 13.8. The highest BCUT2D eigenvalue weighted by Gasteiger charge is 2.39. The van der Waals surface area contributed by atoms with Crippen molar-refractivity contribution >= 4 is 5.91 Å². The number of hydrogen-bond donors (Lipinski definition) is 3. The van der Waals surface area contributed by atoms with E-state index in [0.29, 0.717) is 19.4 Å². The van der Waals surface area contributed by atoms with Gasteiger partial charge in [0.25, 0.3) is 0 Å². The fraction of sp³-hybridized carbons (Fsp3) is 0.611. The monoisotopic (exact) mass is 320 g/mol. The third-order valence-corrected chi connectivity index (χ3v) is 4.62. The van der Waals surface area contributed by atoms with Gasteiger partial charge in [0.15, 0.2) is 0 Å². The SMILES string of the molecule is CCC(=O)NCC1CC(O)C(CO)N1CCCc1ccccc1. The lowest BCUT2D eigenvalue weighted by Crippen LogP contribution is -2.46. The van der Waals surface area contributed by atoms with Crippen LogP contribution in [0.25, 0.3) is 0 Å². The minimum absolute atomic E-state index is 0.0242. The second-order valence-electron chi connectivity index (χ2n) is 6.19. The lowest BCUT2D eigenvalue weighted by molar-refractivity contribution is -0.121. The first-order valence-corrected chi connectivity index (χ1v) is 8.51. The van der Waals surface area contributed by atoms with Gasteiger partial charge in [-0.3, -0.25) is 9.69 Å². The summed E-state index contributed by atoms with van der Waals surface area (Å²) in [5.74, 6) is 0.0242. The maximum Gasteiger partial charge on any atom is 0.219 e. The maximum atomic E-state index is 11.5. The molecule has 1 aromatic carbocycles. The number of hydrogen-bond acceptors (Lipinski definition) is 4. The van der Waals surface area contributed by atoms with Gasteiger partial charge in [0.1, 0.15) is 0 Å². The number of likely N-dealkylation sites (tertiary alicyclic amines) is 1. The predicted octanol–water partition coefficient (Wildman–Crippen LogP) is 0.942. The number of nitrogens with zero attached hydrogens (tertiary/aromatic N) is 1. The zero-order valence-corrected chi connectivity index (χ0v) is 13.8. The first kappa shape index (κ1) is 17.9. The Balaban J connectivity index is 1.89. The first-order valence-electron chi connectivity index (χ1n) is 8.51. The van der Waals surface area contributed by atoms with Crippen molar-refractivity contribution in [2.45, 2.75) is 50.8 Å². The molecule has 5 heteroatoms. The molecule has 0 aliphatic carbocycles. The van der Waals surface area contributed by atoms with Crippen LogP contribution >= 0.6 is 0 Å². The number of benzene rings is 1. The van der Waals surface area contributed by atoms with E-state index >= 15 is 0 Å². The minimum atomic E-state index is -0.528. The zero-order chi connectivity index (χ0) is 16.7. The van der Waals surface area contributed by atoms with Gasteiger partial charge >= 0.3 is 0 Å². The van der Waals surface area contributed by atoms with Crippen LogP contribution in [0, 0.1) is 0 Å². The van der Waals surface area contributed by atoms with Gasteiger partial charge in [0, 0.05) is 19.0 Å². The summed E-state index contributed by atoms with van der Waals surface area (Å²) in [5.41, 5.74) is 1.30. The van der Waals surface area contributed by atoms with Gasteiger partial charge in [-0.15, -0.1) is 0 Å². The van der Waals surface area contributed by atoms with E-state index in [1.807, 2.05) is 25.1 Å². The van der Waals surface area contributed by atoms with E-state index < -0.39 is 6.10 Å². The summed E-state index contributed by atoms with van der Waals surface area (Å²) >= 11 is 0. The molecule has 3 N–H and O–H groups in total. The summed E-state index contributed by atoms with van der Waals surface area (Å²) in [7, 11) is 0. The summed E-state index contributed by atoms with van der Waals surface area (Å²) in [6.45, 7) is 3.12. The van der Waals surface area contributed by atoms with Crippen molar-refractivity contribution in [1.82, 2.24) is 10.2 Å². The lowest BCUT2D eigenvalue weighted by atomic mass is 10.1. The molecular formula is C18H28N2O3. The Bertz CT molecular complexity index is 480. The van der Waals surface area contributed by atoms with E-state index in [4.69, 9.17) is 0 Å². The van der Waals surface area contributed by atoms with E-state index in [1.54, 1.807) is 0 Å². The van der Waals surface area contributed by atoms with Crippen LogP contribution in [-0.4, -0.2) is 58.9 Å². The summed E-state index contributed by atoms with van der Waals surface area (Å²) in [6, 6.07) is 10.2. The molecule has 0 bridgehead atoms. The summed E-state index contributed by atoms with van der Waals surface area (Å²) in [5, 5.41) is 22.6. The summed E-state index contributed by atoms with van der Waals surface area (Å²) < 4.78 is 0. The van der Waals surface area contributed by atoms with Crippen LogP contribution in [0.15, 0.2) is 30.3 Å². The average Bonchev–Trinajstić information content (AvgIpc) is 2.88. The van der Waals surface area contributed by atoms with E-state index in [9.17, 15) is 15.0 Å². The Labute approximate surface area is 138 Å². The molecule has 128 valence electrons.